The van der Waals surface area contributed by atoms with E-state index in [9.17, 15) is 14.9 Å². The molecule has 0 aromatic heterocycles. The summed E-state index contributed by atoms with van der Waals surface area (Å²) in [6.45, 7) is 7.95. The van der Waals surface area contributed by atoms with E-state index in [1.54, 1.807) is 31.7 Å². The van der Waals surface area contributed by atoms with Crippen molar-refractivity contribution < 1.29 is 14.3 Å². The van der Waals surface area contributed by atoms with Gasteiger partial charge in [0.1, 0.15) is 11.6 Å². The molecule has 1 N–H and O–H groups in total. The average molecular weight is 383 g/mol. The Morgan fingerprint density at radius 2 is 2.18 bits per heavy atom. The molecular weight excluding hydrogens is 354 g/mol. The van der Waals surface area contributed by atoms with Crippen LogP contribution in [0.25, 0.3) is 6.08 Å². The van der Waals surface area contributed by atoms with Crippen LogP contribution in [0.3, 0.4) is 0 Å². The molecule has 150 valence electrons. The highest BCUT2D eigenvalue weighted by Gasteiger charge is 2.30. The number of ether oxygens (including phenoxy) is 1. The van der Waals surface area contributed by atoms with Gasteiger partial charge in [-0.2, -0.15) is 5.26 Å². The maximum Gasteiger partial charge on any atom is 0.408 e. The Balaban J connectivity index is 2.12. The van der Waals surface area contributed by atoms with E-state index in [0.29, 0.717) is 13.0 Å². The van der Waals surface area contributed by atoms with E-state index >= 15 is 0 Å². The van der Waals surface area contributed by atoms with Crippen LogP contribution in [0.1, 0.15) is 51.2 Å². The molecule has 0 radical (unpaired) electrons. The van der Waals surface area contributed by atoms with Gasteiger partial charge in [-0.15, -0.1) is 0 Å². The van der Waals surface area contributed by atoms with Gasteiger partial charge in [0.05, 0.1) is 18.5 Å². The SMILES string of the molecule is Cc1cccc(C=CC(CC(=O)N2CCC[C@H]2C#N)NC(=O)OC(C)(C)C)c1. The van der Waals surface area contributed by atoms with E-state index in [2.05, 4.69) is 11.4 Å². The summed E-state index contributed by atoms with van der Waals surface area (Å²) >= 11 is 0. The Hall–Kier alpha value is -2.81. The second-order valence-electron chi connectivity index (χ2n) is 8.10. The third-order valence-electron chi connectivity index (χ3n) is 4.38. The van der Waals surface area contributed by atoms with Crippen molar-refractivity contribution in [3.05, 3.63) is 41.5 Å². The van der Waals surface area contributed by atoms with Crippen LogP contribution in [0.5, 0.6) is 0 Å². The molecule has 6 nitrogen and oxygen atoms in total. The first-order valence-corrected chi connectivity index (χ1v) is 9.61. The van der Waals surface area contributed by atoms with Gasteiger partial charge in [0, 0.05) is 6.54 Å². The fraction of sp³-hybridized carbons (Fsp3) is 0.500. The first-order valence-electron chi connectivity index (χ1n) is 9.61. The highest BCUT2D eigenvalue weighted by Crippen LogP contribution is 2.19. The summed E-state index contributed by atoms with van der Waals surface area (Å²) < 4.78 is 5.33. The van der Waals surface area contributed by atoms with Crippen LogP contribution in [-0.4, -0.2) is 41.1 Å². The Kier molecular flexibility index (Phi) is 7.22. The first kappa shape index (κ1) is 21.5. The topological polar surface area (TPSA) is 82.4 Å². The van der Waals surface area contributed by atoms with E-state index in [-0.39, 0.29) is 18.4 Å². The Morgan fingerprint density at radius 3 is 2.82 bits per heavy atom. The molecule has 1 aromatic carbocycles. The van der Waals surface area contributed by atoms with Gasteiger partial charge in [-0.1, -0.05) is 42.0 Å². The number of nitrogens with one attached hydrogen (secondary N) is 1. The van der Waals surface area contributed by atoms with Gasteiger partial charge in [0.15, 0.2) is 0 Å². The number of carbonyl (C=O) groups excluding carboxylic acids is 2. The molecule has 1 fully saturated rings. The summed E-state index contributed by atoms with van der Waals surface area (Å²) in [5, 5.41) is 12.0. The molecule has 6 heteroatoms. The quantitative estimate of drug-likeness (QED) is 0.838. The molecule has 1 unspecified atom stereocenters. The normalized spacial score (nSPS) is 18.0. The molecule has 1 aliphatic heterocycles. The standard InChI is InChI=1S/C22H29N3O3/c1-16-7-5-8-17(13-16)10-11-18(24-21(27)28-22(2,3)4)14-20(26)25-12-6-9-19(25)15-23/h5,7-8,10-11,13,18-19H,6,9,12,14H2,1-4H3,(H,24,27)/t18?,19-/m0/s1. The zero-order valence-electron chi connectivity index (χ0n) is 17.1. The number of benzene rings is 1. The van der Waals surface area contributed by atoms with Crippen LogP contribution in [0.15, 0.2) is 30.3 Å². The number of likely N-dealkylation sites (tertiary alicyclic amines) is 1. The average Bonchev–Trinajstić information content (AvgIpc) is 3.07. The number of hydrogen-bond acceptors (Lipinski definition) is 4. The van der Waals surface area contributed by atoms with Gasteiger partial charge < -0.3 is 15.0 Å². The maximum absolute atomic E-state index is 12.7. The largest absolute Gasteiger partial charge is 0.444 e. The highest BCUT2D eigenvalue weighted by atomic mass is 16.6. The van der Waals surface area contributed by atoms with Crippen molar-refractivity contribution in [2.75, 3.05) is 6.54 Å². The monoisotopic (exact) mass is 383 g/mol. The van der Waals surface area contributed by atoms with Gasteiger partial charge in [0.25, 0.3) is 0 Å². The summed E-state index contributed by atoms with van der Waals surface area (Å²) in [4.78, 5) is 26.5. The summed E-state index contributed by atoms with van der Waals surface area (Å²) in [6.07, 6.45) is 4.72. The predicted molar refractivity (Wildman–Crippen MR) is 108 cm³/mol. The van der Waals surface area contributed by atoms with Crippen molar-refractivity contribution in [2.24, 2.45) is 0 Å². The second-order valence-corrected chi connectivity index (χ2v) is 8.10. The number of aryl methyl sites for hydroxylation is 1. The van der Waals surface area contributed by atoms with E-state index in [1.165, 1.54) is 0 Å². The van der Waals surface area contributed by atoms with Crippen molar-refractivity contribution in [3.63, 3.8) is 0 Å². The number of alkyl carbamates (subject to hydrolysis) is 1. The van der Waals surface area contributed by atoms with Crippen LogP contribution in [0.4, 0.5) is 4.79 Å². The lowest BCUT2D eigenvalue weighted by molar-refractivity contribution is -0.131. The molecule has 1 aromatic rings. The zero-order valence-corrected chi connectivity index (χ0v) is 17.1. The van der Waals surface area contributed by atoms with Gasteiger partial charge in [0.2, 0.25) is 5.91 Å². The molecular formula is C22H29N3O3. The third-order valence-corrected chi connectivity index (χ3v) is 4.38. The predicted octanol–water partition coefficient (Wildman–Crippen LogP) is 3.81. The highest BCUT2D eigenvalue weighted by molar-refractivity contribution is 5.79. The van der Waals surface area contributed by atoms with Crippen LogP contribution < -0.4 is 5.32 Å². The third kappa shape index (κ3) is 6.73. The van der Waals surface area contributed by atoms with Crippen LogP contribution in [0.2, 0.25) is 0 Å². The van der Waals surface area contributed by atoms with Crippen molar-refractivity contribution in [1.29, 1.82) is 5.26 Å². The van der Waals surface area contributed by atoms with Crippen LogP contribution in [-0.2, 0) is 9.53 Å². The van der Waals surface area contributed by atoms with Crippen LogP contribution in [0, 0.1) is 18.3 Å². The number of nitriles is 1. The minimum Gasteiger partial charge on any atom is -0.444 e. The van der Waals surface area contributed by atoms with E-state index in [1.807, 2.05) is 37.3 Å². The van der Waals surface area contributed by atoms with Gasteiger partial charge >= 0.3 is 6.09 Å². The number of amides is 2. The molecule has 2 atom stereocenters. The Labute approximate surface area is 167 Å². The number of hydrogen-bond donors (Lipinski definition) is 1. The van der Waals surface area contributed by atoms with Crippen LogP contribution >= 0.6 is 0 Å². The zero-order chi connectivity index (χ0) is 20.7. The van der Waals surface area contributed by atoms with Gasteiger partial charge in [-0.3, -0.25) is 4.79 Å². The number of carbonyl (C=O) groups is 2. The van der Waals surface area contributed by atoms with Gasteiger partial charge in [-0.05, 0) is 46.1 Å². The Bertz CT molecular complexity index is 774. The minimum atomic E-state index is -0.625. The molecule has 1 saturated heterocycles. The van der Waals surface area contributed by atoms with E-state index in [0.717, 1.165) is 17.5 Å². The number of rotatable bonds is 5. The Morgan fingerprint density at radius 1 is 1.43 bits per heavy atom. The molecule has 2 rings (SSSR count). The van der Waals surface area contributed by atoms with Crippen molar-refractivity contribution >= 4 is 18.1 Å². The molecule has 0 spiro atoms. The summed E-state index contributed by atoms with van der Waals surface area (Å²) in [7, 11) is 0. The smallest absolute Gasteiger partial charge is 0.408 e. The van der Waals surface area contributed by atoms with Crippen molar-refractivity contribution in [2.45, 2.75) is 64.6 Å². The second kappa shape index (κ2) is 9.41. The fourth-order valence-corrected chi connectivity index (χ4v) is 3.13. The molecule has 1 heterocycles. The molecule has 1 aliphatic rings. The van der Waals surface area contributed by atoms with Crippen molar-refractivity contribution in [3.8, 4) is 6.07 Å². The van der Waals surface area contributed by atoms with E-state index < -0.39 is 17.7 Å². The number of nitrogens with zero attached hydrogens (tertiary/aromatic N) is 2. The fourth-order valence-electron chi connectivity index (χ4n) is 3.13. The summed E-state index contributed by atoms with van der Waals surface area (Å²) in [5.41, 5.74) is 1.49. The molecule has 28 heavy (non-hydrogen) atoms. The molecule has 0 bridgehead atoms. The lowest BCUT2D eigenvalue weighted by atomic mass is 10.1. The van der Waals surface area contributed by atoms with Crippen molar-refractivity contribution in [1.82, 2.24) is 10.2 Å². The van der Waals surface area contributed by atoms with Gasteiger partial charge in [-0.25, -0.2) is 4.79 Å². The molecule has 0 saturated carbocycles. The summed E-state index contributed by atoms with van der Waals surface area (Å²) in [6, 6.07) is 9.22. The molecule has 0 aliphatic carbocycles. The lowest BCUT2D eigenvalue weighted by Crippen LogP contribution is -2.43. The van der Waals surface area contributed by atoms with E-state index in [4.69, 9.17) is 4.74 Å². The lowest BCUT2D eigenvalue weighted by Gasteiger charge is -2.24. The first-order chi connectivity index (χ1) is 13.2. The summed E-state index contributed by atoms with van der Waals surface area (Å²) in [5.74, 6) is -0.140. The maximum atomic E-state index is 12.7. The minimum absolute atomic E-state index is 0.0831. The molecule has 2 amide bonds.